The fourth-order valence-electron chi connectivity index (χ4n) is 2.52. The molecule has 0 saturated carbocycles. The van der Waals surface area contributed by atoms with E-state index in [0.29, 0.717) is 28.0 Å². The molecule has 0 bridgehead atoms. The molecule has 3 rings (SSSR count). The highest BCUT2D eigenvalue weighted by molar-refractivity contribution is 6.42. The van der Waals surface area contributed by atoms with E-state index in [4.69, 9.17) is 27.9 Å². The molecule has 138 valence electrons. The molecular weight excluding hydrogens is 393 g/mol. The maximum Gasteiger partial charge on any atom is 0.203 e. The number of allylic oxidation sites excluding steroid dienone is 1. The predicted octanol–water partition coefficient (Wildman–Crippen LogP) is 6.36. The van der Waals surface area contributed by atoms with Crippen LogP contribution >= 0.6 is 23.2 Å². The lowest BCUT2D eigenvalue weighted by molar-refractivity contribution is 0.104. The van der Waals surface area contributed by atoms with Crippen LogP contribution in [0.2, 0.25) is 10.0 Å². The number of nitriles is 1. The van der Waals surface area contributed by atoms with E-state index >= 15 is 0 Å². The quantitative estimate of drug-likeness (QED) is 0.271. The molecule has 0 aromatic heterocycles. The SMILES string of the molecule is N#CC(=Cc1ccc(OCc2ccc(Cl)c(Cl)c2)cc1)C(=O)c1ccccc1. The number of Topliss-reactive ketones (excluding diaryl/α,β-unsaturated/α-hetero) is 1. The molecule has 0 fully saturated rings. The van der Waals surface area contributed by atoms with Gasteiger partial charge in [0.2, 0.25) is 5.78 Å². The number of benzene rings is 3. The molecule has 0 heterocycles. The van der Waals surface area contributed by atoms with Crippen LogP contribution < -0.4 is 4.74 Å². The Morgan fingerprint density at radius 1 is 0.964 bits per heavy atom. The number of hydrogen-bond donors (Lipinski definition) is 0. The first-order valence-corrected chi connectivity index (χ1v) is 9.21. The highest BCUT2D eigenvalue weighted by Crippen LogP contribution is 2.24. The third kappa shape index (κ3) is 5.01. The van der Waals surface area contributed by atoms with E-state index in [0.717, 1.165) is 11.1 Å². The van der Waals surface area contributed by atoms with Gasteiger partial charge in [0.1, 0.15) is 24.0 Å². The smallest absolute Gasteiger partial charge is 0.203 e. The van der Waals surface area contributed by atoms with Crippen molar-refractivity contribution in [1.29, 1.82) is 5.26 Å². The zero-order valence-corrected chi connectivity index (χ0v) is 16.2. The van der Waals surface area contributed by atoms with Crippen molar-refractivity contribution in [2.75, 3.05) is 0 Å². The van der Waals surface area contributed by atoms with Gasteiger partial charge in [-0.15, -0.1) is 0 Å². The minimum atomic E-state index is -0.303. The molecule has 0 spiro atoms. The van der Waals surface area contributed by atoms with Crippen LogP contribution in [0.25, 0.3) is 6.08 Å². The van der Waals surface area contributed by atoms with E-state index < -0.39 is 0 Å². The van der Waals surface area contributed by atoms with Crippen molar-refractivity contribution >= 4 is 35.1 Å². The molecule has 0 atom stereocenters. The van der Waals surface area contributed by atoms with Gasteiger partial charge in [-0.2, -0.15) is 5.26 Å². The summed E-state index contributed by atoms with van der Waals surface area (Å²) in [5.41, 5.74) is 2.20. The second kappa shape index (κ2) is 9.23. The Balaban J connectivity index is 1.69. The normalized spacial score (nSPS) is 11.0. The first-order chi connectivity index (χ1) is 13.6. The number of ether oxygens (including phenoxy) is 1. The lowest BCUT2D eigenvalue weighted by Crippen LogP contribution is -2.01. The summed E-state index contributed by atoms with van der Waals surface area (Å²) in [6.07, 6.45) is 1.57. The van der Waals surface area contributed by atoms with Gasteiger partial charge in [-0.3, -0.25) is 4.79 Å². The first-order valence-electron chi connectivity index (χ1n) is 8.45. The molecule has 0 amide bonds. The Bertz CT molecular complexity index is 1050. The lowest BCUT2D eigenvalue weighted by atomic mass is 10.0. The van der Waals surface area contributed by atoms with Gasteiger partial charge in [0.15, 0.2) is 0 Å². The van der Waals surface area contributed by atoms with Crippen LogP contribution in [0.5, 0.6) is 5.75 Å². The van der Waals surface area contributed by atoms with Crippen molar-refractivity contribution in [3.8, 4) is 11.8 Å². The summed E-state index contributed by atoms with van der Waals surface area (Å²) in [6.45, 7) is 0.349. The average Bonchev–Trinajstić information content (AvgIpc) is 2.74. The van der Waals surface area contributed by atoms with Gasteiger partial charge in [-0.05, 0) is 41.5 Å². The van der Waals surface area contributed by atoms with Crippen molar-refractivity contribution in [1.82, 2.24) is 0 Å². The molecule has 5 heteroatoms. The molecular formula is C23H15Cl2NO2. The summed E-state index contributed by atoms with van der Waals surface area (Å²) < 4.78 is 5.74. The summed E-state index contributed by atoms with van der Waals surface area (Å²) in [4.78, 5) is 12.4. The summed E-state index contributed by atoms with van der Waals surface area (Å²) in [5, 5.41) is 10.3. The number of carbonyl (C=O) groups excluding carboxylic acids is 1. The van der Waals surface area contributed by atoms with E-state index in [2.05, 4.69) is 0 Å². The van der Waals surface area contributed by atoms with Gasteiger partial charge in [-0.1, -0.05) is 71.7 Å². The molecule has 0 saturated heterocycles. The third-order valence-corrected chi connectivity index (χ3v) is 4.72. The Labute approximate surface area is 173 Å². The number of halogens is 2. The predicted molar refractivity (Wildman–Crippen MR) is 112 cm³/mol. The van der Waals surface area contributed by atoms with Crippen molar-refractivity contribution in [2.24, 2.45) is 0 Å². The molecule has 28 heavy (non-hydrogen) atoms. The summed E-state index contributed by atoms with van der Waals surface area (Å²) >= 11 is 11.9. The van der Waals surface area contributed by atoms with Crippen molar-refractivity contribution in [3.05, 3.63) is 105 Å². The lowest BCUT2D eigenvalue weighted by Gasteiger charge is -2.07. The monoisotopic (exact) mass is 407 g/mol. The molecule has 3 aromatic carbocycles. The number of nitrogens with zero attached hydrogens (tertiary/aromatic N) is 1. The van der Waals surface area contributed by atoms with Crippen LogP contribution in [0, 0.1) is 11.3 Å². The molecule has 0 unspecified atom stereocenters. The fourth-order valence-corrected chi connectivity index (χ4v) is 2.84. The molecule has 3 nitrogen and oxygen atoms in total. The number of rotatable bonds is 6. The molecule has 0 radical (unpaired) electrons. The van der Waals surface area contributed by atoms with E-state index in [1.54, 1.807) is 66.7 Å². The second-order valence-corrected chi connectivity index (χ2v) is 6.79. The highest BCUT2D eigenvalue weighted by Gasteiger charge is 2.11. The van der Waals surface area contributed by atoms with Crippen LogP contribution in [-0.2, 0) is 6.61 Å². The minimum Gasteiger partial charge on any atom is -0.489 e. The van der Waals surface area contributed by atoms with E-state index in [9.17, 15) is 10.1 Å². The Kier molecular flexibility index (Phi) is 6.49. The summed E-state index contributed by atoms with van der Waals surface area (Å²) in [5.74, 6) is 0.360. The maximum atomic E-state index is 12.4. The van der Waals surface area contributed by atoms with E-state index in [-0.39, 0.29) is 11.4 Å². The molecule has 0 aliphatic heterocycles. The van der Waals surface area contributed by atoms with Gasteiger partial charge < -0.3 is 4.74 Å². The molecule has 0 N–H and O–H groups in total. The van der Waals surface area contributed by atoms with Crippen molar-refractivity contribution in [2.45, 2.75) is 6.61 Å². The number of carbonyl (C=O) groups is 1. The van der Waals surface area contributed by atoms with Crippen LogP contribution in [-0.4, -0.2) is 5.78 Å². The van der Waals surface area contributed by atoms with Gasteiger partial charge in [0, 0.05) is 5.56 Å². The Morgan fingerprint density at radius 2 is 1.68 bits per heavy atom. The number of ketones is 1. The zero-order valence-electron chi connectivity index (χ0n) is 14.7. The fraction of sp³-hybridized carbons (Fsp3) is 0.0435. The van der Waals surface area contributed by atoms with Crippen molar-refractivity contribution in [3.63, 3.8) is 0 Å². The number of hydrogen-bond acceptors (Lipinski definition) is 3. The minimum absolute atomic E-state index is 0.0793. The summed E-state index contributed by atoms with van der Waals surface area (Å²) in [6, 6.07) is 23.2. The average molecular weight is 408 g/mol. The molecule has 0 aliphatic rings. The largest absolute Gasteiger partial charge is 0.489 e. The molecule has 0 aliphatic carbocycles. The second-order valence-electron chi connectivity index (χ2n) is 5.97. The van der Waals surface area contributed by atoms with E-state index in [1.807, 2.05) is 18.2 Å². The van der Waals surface area contributed by atoms with E-state index in [1.165, 1.54) is 0 Å². The van der Waals surface area contributed by atoms with Crippen molar-refractivity contribution < 1.29 is 9.53 Å². The van der Waals surface area contributed by atoms with Crippen LogP contribution in [0.4, 0.5) is 0 Å². The standard InChI is InChI=1S/C23H15Cl2NO2/c24-21-11-8-17(13-22(21)25)15-28-20-9-6-16(7-10-20)12-19(14-26)23(27)18-4-2-1-3-5-18/h1-13H,15H2. The first kappa shape index (κ1) is 19.7. The molecule has 3 aromatic rings. The van der Waals surface area contributed by atoms with Gasteiger partial charge in [0.25, 0.3) is 0 Å². The van der Waals surface area contributed by atoms with Crippen LogP contribution in [0.15, 0.2) is 78.4 Å². The van der Waals surface area contributed by atoms with Crippen LogP contribution in [0.1, 0.15) is 21.5 Å². The topological polar surface area (TPSA) is 50.1 Å². The van der Waals surface area contributed by atoms with Gasteiger partial charge >= 0.3 is 0 Å². The Hall–Kier alpha value is -3.06. The van der Waals surface area contributed by atoms with Gasteiger partial charge in [-0.25, -0.2) is 0 Å². The Morgan fingerprint density at radius 3 is 2.32 bits per heavy atom. The van der Waals surface area contributed by atoms with Crippen LogP contribution in [0.3, 0.4) is 0 Å². The zero-order chi connectivity index (χ0) is 19.9. The highest BCUT2D eigenvalue weighted by atomic mass is 35.5. The third-order valence-electron chi connectivity index (χ3n) is 3.98. The maximum absolute atomic E-state index is 12.4. The van der Waals surface area contributed by atoms with Gasteiger partial charge in [0.05, 0.1) is 10.0 Å². The summed E-state index contributed by atoms with van der Waals surface area (Å²) in [7, 11) is 0.